The summed E-state index contributed by atoms with van der Waals surface area (Å²) in [4.78, 5) is 29.8. The molecular formula is C16H24N2O6. The van der Waals surface area contributed by atoms with E-state index in [9.17, 15) is 24.9 Å². The predicted molar refractivity (Wildman–Crippen MR) is 85.7 cm³/mol. The van der Waals surface area contributed by atoms with Crippen LogP contribution in [0.25, 0.3) is 0 Å². The molecule has 1 aromatic rings. The number of carbonyl (C=O) groups excluding carboxylic acids is 1. The van der Waals surface area contributed by atoms with E-state index in [2.05, 4.69) is 4.98 Å². The summed E-state index contributed by atoms with van der Waals surface area (Å²) in [7, 11) is 4.76. The molecule has 0 saturated heterocycles. The van der Waals surface area contributed by atoms with Crippen LogP contribution in [0.2, 0.25) is 0 Å². The molecule has 0 amide bonds. The smallest absolute Gasteiger partial charge is 0.317 e. The predicted octanol–water partition coefficient (Wildman–Crippen LogP) is 0.425. The third kappa shape index (κ3) is 4.01. The Balaban J connectivity index is 3.64. The van der Waals surface area contributed by atoms with Crippen molar-refractivity contribution in [2.75, 3.05) is 27.7 Å². The second kappa shape index (κ2) is 8.07. The Labute approximate surface area is 140 Å². The van der Waals surface area contributed by atoms with Gasteiger partial charge in [0.05, 0.1) is 25.8 Å². The molecule has 0 bridgehead atoms. The Morgan fingerprint density at radius 2 is 2.00 bits per heavy atom. The fraction of sp³-hybridized carbons (Fsp3) is 0.562. The lowest BCUT2D eigenvalue weighted by Gasteiger charge is -2.32. The minimum Gasteiger partial charge on any atom is -0.506 e. The fourth-order valence-corrected chi connectivity index (χ4v) is 2.69. The van der Waals surface area contributed by atoms with E-state index in [1.165, 1.54) is 13.3 Å². The lowest BCUT2D eigenvalue weighted by molar-refractivity contribution is -0.153. The van der Waals surface area contributed by atoms with Crippen molar-refractivity contribution in [2.24, 2.45) is 0 Å². The molecule has 0 fully saturated rings. The maximum Gasteiger partial charge on any atom is 0.317 e. The molecule has 0 aliphatic heterocycles. The number of carbonyl (C=O) groups is 2. The van der Waals surface area contributed by atoms with Crippen molar-refractivity contribution in [3.63, 3.8) is 0 Å². The number of aryl methyl sites for hydroxylation is 1. The molecule has 0 radical (unpaired) electrons. The molecule has 24 heavy (non-hydrogen) atoms. The molecule has 1 heterocycles. The molecule has 8 heteroatoms. The first-order chi connectivity index (χ1) is 11.2. The first kappa shape index (κ1) is 19.9. The van der Waals surface area contributed by atoms with Crippen molar-refractivity contribution in [1.82, 2.24) is 9.88 Å². The monoisotopic (exact) mass is 340 g/mol. The topological polar surface area (TPSA) is 120 Å². The highest BCUT2D eigenvalue weighted by atomic mass is 16.5. The van der Waals surface area contributed by atoms with Gasteiger partial charge >= 0.3 is 11.9 Å². The number of aromatic hydroxyl groups is 1. The molecule has 1 aromatic heterocycles. The number of aromatic nitrogens is 1. The van der Waals surface area contributed by atoms with E-state index in [1.54, 1.807) is 25.9 Å². The van der Waals surface area contributed by atoms with Crippen LogP contribution >= 0.6 is 0 Å². The summed E-state index contributed by atoms with van der Waals surface area (Å²) in [5, 5.41) is 29.2. The lowest BCUT2D eigenvalue weighted by atomic mass is 9.73. The van der Waals surface area contributed by atoms with Crippen molar-refractivity contribution in [3.05, 3.63) is 23.0 Å². The van der Waals surface area contributed by atoms with Crippen LogP contribution in [-0.2, 0) is 26.3 Å². The number of carboxylic acids is 1. The zero-order valence-electron chi connectivity index (χ0n) is 14.4. The fourth-order valence-electron chi connectivity index (χ4n) is 2.69. The van der Waals surface area contributed by atoms with Gasteiger partial charge in [-0.15, -0.1) is 0 Å². The van der Waals surface area contributed by atoms with Gasteiger partial charge < -0.3 is 25.0 Å². The van der Waals surface area contributed by atoms with Crippen LogP contribution in [0.15, 0.2) is 6.20 Å². The summed E-state index contributed by atoms with van der Waals surface area (Å²) in [6.45, 7) is 1.40. The van der Waals surface area contributed by atoms with E-state index in [0.29, 0.717) is 6.54 Å². The molecule has 1 atom stereocenters. The van der Waals surface area contributed by atoms with Crippen molar-refractivity contribution in [3.8, 4) is 5.75 Å². The number of carboxylic acid groups (broad SMARTS) is 1. The van der Waals surface area contributed by atoms with Crippen molar-refractivity contribution >= 4 is 11.9 Å². The zero-order valence-corrected chi connectivity index (χ0v) is 14.4. The van der Waals surface area contributed by atoms with E-state index in [1.807, 2.05) is 0 Å². The van der Waals surface area contributed by atoms with Crippen LogP contribution in [0.5, 0.6) is 5.75 Å². The highest BCUT2D eigenvalue weighted by Crippen LogP contribution is 2.39. The van der Waals surface area contributed by atoms with Gasteiger partial charge in [0, 0.05) is 11.8 Å². The third-order valence-electron chi connectivity index (χ3n) is 4.03. The minimum absolute atomic E-state index is 0.0907. The standard InChI is InChI=1S/C16H24N2O6/c1-10-14(22)11(9-19)12(8-17-10)16(7-13(20)21,15(23)24-4)5-6-18(2)3/h8,19,22H,5-7,9H2,1-4H3,(H,20,21). The summed E-state index contributed by atoms with van der Waals surface area (Å²) >= 11 is 0. The van der Waals surface area contributed by atoms with Gasteiger partial charge in [-0.1, -0.05) is 0 Å². The number of methoxy groups -OCH3 is 1. The minimum atomic E-state index is -1.55. The van der Waals surface area contributed by atoms with Gasteiger partial charge in [-0.3, -0.25) is 14.6 Å². The summed E-state index contributed by atoms with van der Waals surface area (Å²) in [5.74, 6) is -2.19. The Hall–Kier alpha value is -2.19. The van der Waals surface area contributed by atoms with Crippen molar-refractivity contribution in [1.29, 1.82) is 0 Å². The van der Waals surface area contributed by atoms with Gasteiger partial charge in [-0.2, -0.15) is 0 Å². The number of rotatable bonds is 8. The molecule has 0 aliphatic rings. The summed E-state index contributed by atoms with van der Waals surface area (Å²) in [5.41, 5.74) is -1.01. The van der Waals surface area contributed by atoms with Crippen LogP contribution in [0, 0.1) is 6.92 Å². The van der Waals surface area contributed by atoms with Crippen LogP contribution < -0.4 is 0 Å². The number of esters is 1. The number of nitrogens with zero attached hydrogens (tertiary/aromatic N) is 2. The van der Waals surface area contributed by atoms with Crippen molar-refractivity contribution < 1.29 is 29.6 Å². The van der Waals surface area contributed by atoms with Crippen molar-refractivity contribution in [2.45, 2.75) is 31.8 Å². The first-order valence-electron chi connectivity index (χ1n) is 7.43. The van der Waals surface area contributed by atoms with Crippen LogP contribution in [0.4, 0.5) is 0 Å². The number of aliphatic carboxylic acids is 1. The van der Waals surface area contributed by atoms with Gasteiger partial charge in [0.25, 0.3) is 0 Å². The first-order valence-corrected chi connectivity index (χ1v) is 7.43. The molecule has 0 aromatic carbocycles. The summed E-state index contributed by atoms with van der Waals surface area (Å²) < 4.78 is 4.86. The van der Waals surface area contributed by atoms with Gasteiger partial charge in [-0.05, 0) is 39.5 Å². The highest BCUT2D eigenvalue weighted by Gasteiger charge is 2.45. The number of aliphatic hydroxyl groups excluding tert-OH is 1. The Morgan fingerprint density at radius 1 is 1.38 bits per heavy atom. The quantitative estimate of drug-likeness (QED) is 0.583. The molecule has 0 saturated carbocycles. The third-order valence-corrected chi connectivity index (χ3v) is 4.03. The summed E-state index contributed by atoms with van der Waals surface area (Å²) in [6.07, 6.45) is 0.928. The zero-order chi connectivity index (χ0) is 18.5. The van der Waals surface area contributed by atoms with Crippen LogP contribution in [0.3, 0.4) is 0 Å². The normalized spacial score (nSPS) is 13.6. The van der Waals surface area contributed by atoms with Gasteiger partial charge in [-0.25, -0.2) is 0 Å². The van der Waals surface area contributed by atoms with Gasteiger partial charge in [0.2, 0.25) is 0 Å². The number of ether oxygens (including phenoxy) is 1. The molecule has 0 spiro atoms. The van der Waals surface area contributed by atoms with Gasteiger partial charge in [0.15, 0.2) is 0 Å². The Kier molecular flexibility index (Phi) is 6.68. The maximum absolute atomic E-state index is 12.6. The highest BCUT2D eigenvalue weighted by molar-refractivity contribution is 5.89. The molecule has 0 aliphatic carbocycles. The SMILES string of the molecule is COC(=O)C(CCN(C)C)(CC(=O)O)c1cnc(C)c(O)c1CO. The van der Waals surface area contributed by atoms with E-state index >= 15 is 0 Å². The lowest BCUT2D eigenvalue weighted by Crippen LogP contribution is -2.42. The van der Waals surface area contributed by atoms with E-state index in [4.69, 9.17) is 4.74 Å². The average Bonchev–Trinajstić information content (AvgIpc) is 2.52. The molecule has 3 N–H and O–H groups in total. The number of hydrogen-bond donors (Lipinski definition) is 3. The van der Waals surface area contributed by atoms with Crippen LogP contribution in [-0.4, -0.2) is 64.9 Å². The largest absolute Gasteiger partial charge is 0.506 e. The molecule has 8 nitrogen and oxygen atoms in total. The van der Waals surface area contributed by atoms with E-state index in [0.717, 1.165) is 0 Å². The molecule has 1 rings (SSSR count). The second-order valence-corrected chi connectivity index (χ2v) is 5.94. The van der Waals surface area contributed by atoms with Gasteiger partial charge in [0.1, 0.15) is 11.2 Å². The number of aliphatic hydroxyl groups is 1. The van der Waals surface area contributed by atoms with E-state index < -0.39 is 30.4 Å². The molecule has 1 unspecified atom stereocenters. The van der Waals surface area contributed by atoms with E-state index in [-0.39, 0.29) is 29.0 Å². The average molecular weight is 340 g/mol. The Morgan fingerprint density at radius 3 is 2.46 bits per heavy atom. The maximum atomic E-state index is 12.6. The number of pyridine rings is 1. The second-order valence-electron chi connectivity index (χ2n) is 5.94. The van der Waals surface area contributed by atoms with Crippen LogP contribution in [0.1, 0.15) is 29.7 Å². The molecular weight excluding hydrogens is 316 g/mol. The molecule has 134 valence electrons. The summed E-state index contributed by atoms with van der Waals surface area (Å²) in [6, 6.07) is 0. The number of hydrogen-bond acceptors (Lipinski definition) is 7. The Bertz CT molecular complexity index is 617.